The summed E-state index contributed by atoms with van der Waals surface area (Å²) >= 11 is 0. The lowest BCUT2D eigenvalue weighted by Gasteiger charge is -2.37. The maximum atomic E-state index is 15.9. The van der Waals surface area contributed by atoms with Crippen LogP contribution in [0.15, 0.2) is 83.7 Å². The van der Waals surface area contributed by atoms with Gasteiger partial charge in [0, 0.05) is 5.92 Å². The Bertz CT molecular complexity index is 1880. The van der Waals surface area contributed by atoms with E-state index in [2.05, 4.69) is 25.6 Å². The topological polar surface area (TPSA) is 163 Å². The number of aromatic amines is 1. The standard InChI is InChI=1S/C34H35FN6O7/c1-19(2)30(43)37-33-36-29-27(31(44)38-33)39-40-41(29)32-28(42)26(35)25(48-32)18-47-34(20-8-6-5-7-9-20,21-10-14-23(45-3)15-11-21)22-12-16-24(46-4)17-13-22/h5-17,19,25-26,28,32,42H,18H2,1-4H3,(H2,36,37,38,43,44)/t25-,26-,28-,32-/m1/s1. The predicted octanol–water partition coefficient (Wildman–Crippen LogP) is 3.73. The molecule has 0 spiro atoms. The van der Waals surface area contributed by atoms with Crippen LogP contribution >= 0.6 is 0 Å². The molecule has 3 N–H and O–H groups in total. The smallest absolute Gasteiger partial charge is 0.282 e. The summed E-state index contributed by atoms with van der Waals surface area (Å²) in [5, 5.41) is 21.4. The molecule has 1 aliphatic heterocycles. The summed E-state index contributed by atoms with van der Waals surface area (Å²) in [4.78, 5) is 31.7. The van der Waals surface area contributed by atoms with Crippen LogP contribution < -0.4 is 20.3 Å². The lowest BCUT2D eigenvalue weighted by atomic mass is 9.80. The highest BCUT2D eigenvalue weighted by Gasteiger charge is 2.48. The van der Waals surface area contributed by atoms with Crippen LogP contribution in [-0.4, -0.2) is 75.2 Å². The van der Waals surface area contributed by atoms with Gasteiger partial charge < -0.3 is 24.1 Å². The van der Waals surface area contributed by atoms with Crippen molar-refractivity contribution in [1.82, 2.24) is 25.0 Å². The number of rotatable bonds is 11. The molecule has 4 atom stereocenters. The van der Waals surface area contributed by atoms with Crippen molar-refractivity contribution in [2.24, 2.45) is 5.92 Å². The molecule has 1 fully saturated rings. The molecule has 1 amide bonds. The minimum absolute atomic E-state index is 0.106. The van der Waals surface area contributed by atoms with Crippen molar-refractivity contribution < 1.29 is 33.2 Å². The number of halogens is 1. The highest BCUT2D eigenvalue weighted by atomic mass is 19.1. The molecule has 250 valence electrons. The number of hydrogen-bond acceptors (Lipinski definition) is 10. The van der Waals surface area contributed by atoms with Crippen LogP contribution in [0.2, 0.25) is 0 Å². The Labute approximate surface area is 274 Å². The molecule has 6 rings (SSSR count). The first-order valence-corrected chi connectivity index (χ1v) is 15.3. The van der Waals surface area contributed by atoms with E-state index in [9.17, 15) is 14.7 Å². The van der Waals surface area contributed by atoms with E-state index in [0.717, 1.165) is 21.4 Å². The van der Waals surface area contributed by atoms with Crippen molar-refractivity contribution in [2.75, 3.05) is 26.1 Å². The van der Waals surface area contributed by atoms with Gasteiger partial charge in [0.15, 0.2) is 23.6 Å². The summed E-state index contributed by atoms with van der Waals surface area (Å²) in [6.45, 7) is 3.05. The summed E-state index contributed by atoms with van der Waals surface area (Å²) in [7, 11) is 3.15. The normalized spacial score (nSPS) is 19.5. The van der Waals surface area contributed by atoms with Gasteiger partial charge in [0.05, 0.1) is 20.8 Å². The number of carbonyl (C=O) groups excluding carboxylic acids is 1. The number of fused-ring (bicyclic) bond motifs is 1. The average Bonchev–Trinajstić information content (AvgIpc) is 3.66. The van der Waals surface area contributed by atoms with Gasteiger partial charge >= 0.3 is 0 Å². The molecule has 48 heavy (non-hydrogen) atoms. The summed E-state index contributed by atoms with van der Waals surface area (Å²) in [6, 6.07) is 24.2. The van der Waals surface area contributed by atoms with Crippen molar-refractivity contribution in [3.8, 4) is 11.5 Å². The summed E-state index contributed by atoms with van der Waals surface area (Å²) in [5.41, 5.74) is -0.00637. The van der Waals surface area contributed by atoms with E-state index in [1.165, 1.54) is 0 Å². The zero-order valence-electron chi connectivity index (χ0n) is 26.7. The number of H-pyrrole nitrogens is 1. The Morgan fingerprint density at radius 3 is 2.15 bits per heavy atom. The fourth-order valence-electron chi connectivity index (χ4n) is 5.66. The molecule has 0 aliphatic carbocycles. The Hall–Kier alpha value is -5.18. The van der Waals surface area contributed by atoms with E-state index < -0.39 is 35.8 Å². The molecule has 1 saturated heterocycles. The number of methoxy groups -OCH3 is 2. The summed E-state index contributed by atoms with van der Waals surface area (Å²) in [6.07, 6.45) is -6.32. The highest BCUT2D eigenvalue weighted by Crippen LogP contribution is 2.43. The van der Waals surface area contributed by atoms with E-state index in [-0.39, 0.29) is 35.5 Å². The minimum atomic E-state index is -1.92. The van der Waals surface area contributed by atoms with Crippen molar-refractivity contribution in [3.05, 3.63) is 106 Å². The number of aliphatic hydroxyl groups excluding tert-OH is 1. The van der Waals surface area contributed by atoms with E-state index in [1.807, 2.05) is 78.9 Å². The largest absolute Gasteiger partial charge is 0.497 e. The number of alkyl halides is 1. The van der Waals surface area contributed by atoms with E-state index in [4.69, 9.17) is 18.9 Å². The number of nitrogens with zero attached hydrogens (tertiary/aromatic N) is 4. The third-order valence-corrected chi connectivity index (χ3v) is 8.27. The van der Waals surface area contributed by atoms with Gasteiger partial charge in [-0.15, -0.1) is 5.10 Å². The molecular weight excluding hydrogens is 623 g/mol. The Kier molecular flexibility index (Phi) is 9.22. The maximum absolute atomic E-state index is 15.9. The van der Waals surface area contributed by atoms with Crippen molar-refractivity contribution in [1.29, 1.82) is 0 Å². The number of hydrogen-bond donors (Lipinski definition) is 3. The first-order valence-electron chi connectivity index (χ1n) is 15.3. The molecule has 1 aliphatic rings. The van der Waals surface area contributed by atoms with Crippen LogP contribution in [0.4, 0.5) is 10.3 Å². The number of amides is 1. The number of aromatic nitrogens is 5. The van der Waals surface area contributed by atoms with Gasteiger partial charge in [-0.05, 0) is 41.0 Å². The third-order valence-electron chi connectivity index (χ3n) is 8.27. The Morgan fingerprint density at radius 1 is 1.00 bits per heavy atom. The van der Waals surface area contributed by atoms with Gasteiger partial charge in [0.25, 0.3) is 5.56 Å². The predicted molar refractivity (Wildman–Crippen MR) is 172 cm³/mol. The van der Waals surface area contributed by atoms with Crippen LogP contribution in [0.25, 0.3) is 11.2 Å². The van der Waals surface area contributed by atoms with Crippen LogP contribution in [0.1, 0.15) is 36.8 Å². The maximum Gasteiger partial charge on any atom is 0.282 e. The molecular formula is C34H35FN6O7. The lowest BCUT2D eigenvalue weighted by molar-refractivity contribution is -0.118. The minimum Gasteiger partial charge on any atom is -0.497 e. The van der Waals surface area contributed by atoms with Gasteiger partial charge in [-0.3, -0.25) is 19.9 Å². The van der Waals surface area contributed by atoms with Gasteiger partial charge in [-0.25, -0.2) is 4.39 Å². The number of nitrogens with one attached hydrogen (secondary N) is 2. The van der Waals surface area contributed by atoms with E-state index in [1.54, 1.807) is 28.1 Å². The molecule has 3 aromatic carbocycles. The Balaban J connectivity index is 1.36. The molecule has 2 aromatic heterocycles. The molecule has 3 heterocycles. The Morgan fingerprint density at radius 2 is 1.58 bits per heavy atom. The average molecular weight is 659 g/mol. The second-order valence-electron chi connectivity index (χ2n) is 11.6. The SMILES string of the molecule is COc1ccc(C(OC[C@H]2O[C@@H](n3nnc4c(=O)[nH]c(NC(=O)C(C)C)nc43)[C@H](O)[C@@H]2F)(c2ccccc2)c2ccc(OC)cc2)cc1. The van der Waals surface area contributed by atoms with Crippen LogP contribution in [-0.2, 0) is 19.9 Å². The monoisotopic (exact) mass is 658 g/mol. The third kappa shape index (κ3) is 6.01. The number of ether oxygens (including phenoxy) is 4. The van der Waals surface area contributed by atoms with E-state index in [0.29, 0.717) is 11.5 Å². The number of aliphatic hydroxyl groups is 1. The van der Waals surface area contributed by atoms with Gasteiger partial charge in [0.2, 0.25) is 11.9 Å². The number of carbonyl (C=O) groups is 1. The molecule has 13 nitrogen and oxygen atoms in total. The van der Waals surface area contributed by atoms with Gasteiger partial charge in [0.1, 0.15) is 29.3 Å². The van der Waals surface area contributed by atoms with Crippen molar-refractivity contribution >= 4 is 23.0 Å². The summed E-state index contributed by atoms with van der Waals surface area (Å²) < 4.78 is 40.6. The molecule has 5 aromatic rings. The lowest BCUT2D eigenvalue weighted by Crippen LogP contribution is -2.38. The summed E-state index contributed by atoms with van der Waals surface area (Å²) in [5.74, 6) is 0.365. The van der Waals surface area contributed by atoms with Crippen LogP contribution in [0.5, 0.6) is 11.5 Å². The van der Waals surface area contributed by atoms with Crippen molar-refractivity contribution in [3.63, 3.8) is 0 Å². The van der Waals surface area contributed by atoms with Gasteiger partial charge in [-0.1, -0.05) is 73.7 Å². The molecule has 0 bridgehead atoms. The zero-order chi connectivity index (χ0) is 34.0. The van der Waals surface area contributed by atoms with Gasteiger partial charge in [-0.2, -0.15) is 9.67 Å². The second kappa shape index (κ2) is 13.5. The number of benzene rings is 3. The number of anilines is 1. The second-order valence-corrected chi connectivity index (χ2v) is 11.6. The van der Waals surface area contributed by atoms with E-state index >= 15 is 4.39 Å². The zero-order valence-corrected chi connectivity index (χ0v) is 26.7. The first kappa shape index (κ1) is 32.7. The first-order chi connectivity index (χ1) is 23.2. The van der Waals surface area contributed by atoms with Crippen LogP contribution in [0.3, 0.4) is 0 Å². The fraction of sp³-hybridized carbons (Fsp3) is 0.324. The van der Waals surface area contributed by atoms with Crippen molar-refractivity contribution in [2.45, 2.75) is 44.1 Å². The highest BCUT2D eigenvalue weighted by molar-refractivity contribution is 5.91. The van der Waals surface area contributed by atoms with Crippen LogP contribution in [0, 0.1) is 5.92 Å². The fourth-order valence-corrected chi connectivity index (χ4v) is 5.66. The molecule has 14 heteroatoms. The molecule has 0 unspecified atom stereocenters. The molecule has 0 radical (unpaired) electrons. The quantitative estimate of drug-likeness (QED) is 0.178. The molecule has 0 saturated carbocycles.